The number of aromatic nitrogens is 3. The lowest BCUT2D eigenvalue weighted by Crippen LogP contribution is -2.13. The summed E-state index contributed by atoms with van der Waals surface area (Å²) in [5, 5.41) is 7.79. The lowest BCUT2D eigenvalue weighted by Gasteiger charge is -2.12. The molecule has 2 N–H and O–H groups in total. The number of benzene rings is 1. The fraction of sp³-hybridized carbons (Fsp3) is 0.385. The van der Waals surface area contributed by atoms with Crippen LogP contribution in [0.4, 0.5) is 8.78 Å². The van der Waals surface area contributed by atoms with Crippen molar-refractivity contribution in [1.29, 1.82) is 0 Å². The van der Waals surface area contributed by atoms with Gasteiger partial charge in [-0.15, -0.1) is 10.2 Å². The minimum atomic E-state index is -0.652. The molecule has 102 valence electrons. The zero-order valence-corrected chi connectivity index (χ0v) is 10.9. The Morgan fingerprint density at radius 3 is 2.37 bits per heavy atom. The van der Waals surface area contributed by atoms with Crippen molar-refractivity contribution in [2.45, 2.75) is 26.9 Å². The molecule has 6 heteroatoms. The van der Waals surface area contributed by atoms with Gasteiger partial charge in [0.2, 0.25) is 0 Å². The van der Waals surface area contributed by atoms with Crippen molar-refractivity contribution in [3.63, 3.8) is 0 Å². The average molecular weight is 266 g/mol. The van der Waals surface area contributed by atoms with Gasteiger partial charge in [-0.2, -0.15) is 0 Å². The van der Waals surface area contributed by atoms with E-state index in [1.54, 1.807) is 4.57 Å². The third-order valence-corrected chi connectivity index (χ3v) is 2.74. The Morgan fingerprint density at radius 1 is 1.21 bits per heavy atom. The minimum Gasteiger partial charge on any atom is -0.324 e. The van der Waals surface area contributed by atoms with E-state index in [1.165, 1.54) is 18.2 Å². The number of nitrogens with two attached hydrogens (primary N) is 1. The van der Waals surface area contributed by atoms with E-state index in [1.807, 2.05) is 13.8 Å². The molecule has 1 aromatic heterocycles. The fourth-order valence-corrected chi connectivity index (χ4v) is 1.94. The highest BCUT2D eigenvalue weighted by molar-refractivity contribution is 5.57. The number of hydrogen-bond acceptors (Lipinski definition) is 3. The molecule has 0 atom stereocenters. The van der Waals surface area contributed by atoms with Gasteiger partial charge < -0.3 is 10.3 Å². The van der Waals surface area contributed by atoms with Crippen LogP contribution >= 0.6 is 0 Å². The molecule has 0 spiro atoms. The molecule has 0 saturated carbocycles. The summed E-state index contributed by atoms with van der Waals surface area (Å²) in [7, 11) is 0. The van der Waals surface area contributed by atoms with Gasteiger partial charge in [0.15, 0.2) is 5.82 Å². The maximum Gasteiger partial charge on any atom is 0.169 e. The molecule has 0 unspecified atom stereocenters. The largest absolute Gasteiger partial charge is 0.324 e. The third-order valence-electron chi connectivity index (χ3n) is 2.74. The second-order valence-electron chi connectivity index (χ2n) is 4.75. The van der Waals surface area contributed by atoms with Crippen molar-refractivity contribution in [3.8, 4) is 11.4 Å². The van der Waals surface area contributed by atoms with Crippen LogP contribution in [0.3, 0.4) is 0 Å². The van der Waals surface area contributed by atoms with Crippen LogP contribution in [0, 0.1) is 17.6 Å². The summed E-state index contributed by atoms with van der Waals surface area (Å²) in [5.41, 5.74) is 5.43. The van der Waals surface area contributed by atoms with Gasteiger partial charge in [0.1, 0.15) is 17.5 Å². The standard InChI is InChI=1S/C13H16F2N4/c1-8(2)7-19-11(6-16)17-18-13(19)12-9(14)4-3-5-10(12)15/h3-5,8H,6-7,16H2,1-2H3. The van der Waals surface area contributed by atoms with Crippen LogP contribution in [-0.2, 0) is 13.1 Å². The summed E-state index contributed by atoms with van der Waals surface area (Å²) in [6.07, 6.45) is 0. The highest BCUT2D eigenvalue weighted by Gasteiger charge is 2.20. The van der Waals surface area contributed by atoms with Gasteiger partial charge in [-0.3, -0.25) is 0 Å². The van der Waals surface area contributed by atoms with Crippen molar-refractivity contribution in [3.05, 3.63) is 35.7 Å². The number of hydrogen-bond donors (Lipinski definition) is 1. The van der Waals surface area contributed by atoms with Gasteiger partial charge in [-0.25, -0.2) is 8.78 Å². The van der Waals surface area contributed by atoms with Crippen LogP contribution in [-0.4, -0.2) is 14.8 Å². The molecule has 0 bridgehead atoms. The fourth-order valence-electron chi connectivity index (χ4n) is 1.94. The van der Waals surface area contributed by atoms with Crippen molar-refractivity contribution in [1.82, 2.24) is 14.8 Å². The molecule has 19 heavy (non-hydrogen) atoms. The van der Waals surface area contributed by atoms with Crippen molar-refractivity contribution in [2.75, 3.05) is 0 Å². The van der Waals surface area contributed by atoms with E-state index in [0.29, 0.717) is 12.4 Å². The van der Waals surface area contributed by atoms with Crippen LogP contribution in [0.25, 0.3) is 11.4 Å². The summed E-state index contributed by atoms with van der Waals surface area (Å²) in [6, 6.07) is 3.73. The Kier molecular flexibility index (Phi) is 3.90. The molecule has 0 aliphatic heterocycles. The van der Waals surface area contributed by atoms with Gasteiger partial charge in [0.05, 0.1) is 12.1 Å². The molecule has 4 nitrogen and oxygen atoms in total. The van der Waals surface area contributed by atoms with Gasteiger partial charge in [-0.1, -0.05) is 19.9 Å². The molecule has 2 rings (SSSR count). The molecule has 1 heterocycles. The van der Waals surface area contributed by atoms with Gasteiger partial charge in [0.25, 0.3) is 0 Å². The molecule has 0 aliphatic rings. The van der Waals surface area contributed by atoms with E-state index in [-0.39, 0.29) is 23.9 Å². The summed E-state index contributed by atoms with van der Waals surface area (Å²) in [4.78, 5) is 0. The molecule has 0 aliphatic carbocycles. The summed E-state index contributed by atoms with van der Waals surface area (Å²) >= 11 is 0. The Hall–Kier alpha value is -1.82. The molecule has 0 fully saturated rings. The third kappa shape index (κ3) is 2.63. The molecule has 0 amide bonds. The van der Waals surface area contributed by atoms with E-state index >= 15 is 0 Å². The van der Waals surface area contributed by atoms with Crippen LogP contribution in [0.2, 0.25) is 0 Å². The topological polar surface area (TPSA) is 56.7 Å². The lowest BCUT2D eigenvalue weighted by molar-refractivity contribution is 0.506. The first-order chi connectivity index (χ1) is 9.04. The first-order valence-corrected chi connectivity index (χ1v) is 6.11. The number of halogens is 2. The maximum atomic E-state index is 13.8. The van der Waals surface area contributed by atoms with Crippen LogP contribution < -0.4 is 5.73 Å². The molecular formula is C13H16F2N4. The predicted molar refractivity (Wildman–Crippen MR) is 68.1 cm³/mol. The van der Waals surface area contributed by atoms with Crippen molar-refractivity contribution < 1.29 is 8.78 Å². The second-order valence-corrected chi connectivity index (χ2v) is 4.75. The van der Waals surface area contributed by atoms with Gasteiger partial charge >= 0.3 is 0 Å². The second kappa shape index (κ2) is 5.44. The minimum absolute atomic E-state index is 0.157. The van der Waals surface area contributed by atoms with Gasteiger partial charge in [-0.05, 0) is 18.1 Å². The van der Waals surface area contributed by atoms with E-state index < -0.39 is 11.6 Å². The zero-order chi connectivity index (χ0) is 14.0. The molecule has 0 radical (unpaired) electrons. The SMILES string of the molecule is CC(C)Cn1c(CN)nnc1-c1c(F)cccc1F. The summed E-state index contributed by atoms with van der Waals surface area (Å²) < 4.78 is 29.3. The average Bonchev–Trinajstić information content (AvgIpc) is 2.71. The Morgan fingerprint density at radius 2 is 1.84 bits per heavy atom. The Bertz CT molecular complexity index is 558. The van der Waals surface area contributed by atoms with E-state index in [2.05, 4.69) is 10.2 Å². The van der Waals surface area contributed by atoms with E-state index in [0.717, 1.165) is 0 Å². The number of rotatable bonds is 4. The van der Waals surface area contributed by atoms with Crippen molar-refractivity contribution >= 4 is 0 Å². The number of nitrogens with zero attached hydrogens (tertiary/aromatic N) is 3. The monoisotopic (exact) mass is 266 g/mol. The summed E-state index contributed by atoms with van der Waals surface area (Å²) in [6.45, 7) is 4.74. The highest BCUT2D eigenvalue weighted by atomic mass is 19.1. The molecule has 1 aromatic carbocycles. The summed E-state index contributed by atoms with van der Waals surface area (Å²) in [5.74, 6) is -0.312. The predicted octanol–water partition coefficient (Wildman–Crippen LogP) is 2.34. The molecule has 2 aromatic rings. The Balaban J connectivity index is 2.59. The zero-order valence-electron chi connectivity index (χ0n) is 10.9. The smallest absolute Gasteiger partial charge is 0.169 e. The normalized spacial score (nSPS) is 11.3. The van der Waals surface area contributed by atoms with Crippen LogP contribution in [0.1, 0.15) is 19.7 Å². The van der Waals surface area contributed by atoms with Crippen molar-refractivity contribution in [2.24, 2.45) is 11.7 Å². The van der Waals surface area contributed by atoms with E-state index in [9.17, 15) is 8.78 Å². The molecule has 0 saturated heterocycles. The van der Waals surface area contributed by atoms with Gasteiger partial charge in [0, 0.05) is 6.54 Å². The maximum absolute atomic E-state index is 13.8. The quantitative estimate of drug-likeness (QED) is 0.924. The van der Waals surface area contributed by atoms with E-state index in [4.69, 9.17) is 5.73 Å². The first-order valence-electron chi connectivity index (χ1n) is 6.11. The first kappa shape index (κ1) is 13.6. The van der Waals surface area contributed by atoms with Crippen LogP contribution in [0.15, 0.2) is 18.2 Å². The van der Waals surface area contributed by atoms with Crippen LogP contribution in [0.5, 0.6) is 0 Å². The Labute approximate surface area is 110 Å². The highest BCUT2D eigenvalue weighted by Crippen LogP contribution is 2.25. The molecular weight excluding hydrogens is 250 g/mol. The lowest BCUT2D eigenvalue weighted by atomic mass is 10.1.